The molecule has 1 heterocycles. The Morgan fingerprint density at radius 1 is 1.20 bits per heavy atom. The fourth-order valence-electron chi connectivity index (χ4n) is 2.12. The molecule has 1 aliphatic heterocycles. The molecule has 58 valence electrons. The van der Waals surface area contributed by atoms with Crippen LogP contribution in [-0.4, -0.2) is 23.9 Å². The molecule has 1 saturated carbocycles. The molecule has 3 atom stereocenters. The van der Waals surface area contributed by atoms with Gasteiger partial charge in [-0.25, -0.2) is 0 Å². The lowest BCUT2D eigenvalue weighted by Crippen LogP contribution is -2.36. The zero-order chi connectivity index (χ0) is 6.97. The van der Waals surface area contributed by atoms with Gasteiger partial charge in [0.2, 0.25) is 0 Å². The quantitative estimate of drug-likeness (QED) is 0.545. The second kappa shape index (κ2) is 2.51. The minimum absolute atomic E-state index is 0.0796. The van der Waals surface area contributed by atoms with Crippen molar-refractivity contribution < 1.29 is 9.84 Å². The summed E-state index contributed by atoms with van der Waals surface area (Å²) in [7, 11) is 0. The first-order valence-electron chi connectivity index (χ1n) is 4.14. The maximum Gasteiger partial charge on any atom is 0.0602 e. The highest BCUT2D eigenvalue weighted by atomic mass is 16.5. The van der Waals surface area contributed by atoms with Gasteiger partial charge < -0.3 is 9.84 Å². The van der Waals surface area contributed by atoms with Crippen molar-refractivity contribution in [2.45, 2.75) is 37.9 Å². The highest BCUT2D eigenvalue weighted by molar-refractivity contribution is 4.81. The first-order valence-corrected chi connectivity index (χ1v) is 4.14. The largest absolute Gasteiger partial charge is 0.393 e. The van der Waals surface area contributed by atoms with E-state index < -0.39 is 0 Å². The van der Waals surface area contributed by atoms with Crippen LogP contribution in [0.3, 0.4) is 0 Å². The maximum atomic E-state index is 9.34. The molecule has 2 fully saturated rings. The van der Waals surface area contributed by atoms with Crippen molar-refractivity contribution in [2.24, 2.45) is 5.92 Å². The minimum Gasteiger partial charge on any atom is -0.393 e. The minimum atomic E-state index is -0.0796. The van der Waals surface area contributed by atoms with Crippen LogP contribution in [0, 0.1) is 5.92 Å². The van der Waals surface area contributed by atoms with Gasteiger partial charge in [0.1, 0.15) is 0 Å². The second-order valence-corrected chi connectivity index (χ2v) is 3.51. The molecule has 1 N–H and O–H groups in total. The molecule has 2 nitrogen and oxygen atoms in total. The van der Waals surface area contributed by atoms with Gasteiger partial charge in [-0.1, -0.05) is 0 Å². The smallest absolute Gasteiger partial charge is 0.0602 e. The van der Waals surface area contributed by atoms with Crippen LogP contribution in [0.2, 0.25) is 0 Å². The second-order valence-electron chi connectivity index (χ2n) is 3.51. The summed E-state index contributed by atoms with van der Waals surface area (Å²) in [6.45, 7) is 0.919. The Morgan fingerprint density at radius 2 is 2.10 bits per heavy atom. The number of hydrogen-bond donors (Lipinski definition) is 1. The number of rotatable bonds is 0. The highest BCUT2D eigenvalue weighted by Gasteiger charge is 2.31. The van der Waals surface area contributed by atoms with Crippen LogP contribution < -0.4 is 0 Å². The third-order valence-electron chi connectivity index (χ3n) is 2.62. The molecular formula is C8H14O2. The van der Waals surface area contributed by atoms with Crippen LogP contribution in [-0.2, 0) is 4.74 Å². The van der Waals surface area contributed by atoms with E-state index in [2.05, 4.69) is 0 Å². The molecule has 2 heteroatoms. The summed E-state index contributed by atoms with van der Waals surface area (Å²) in [5, 5.41) is 9.34. The van der Waals surface area contributed by atoms with E-state index in [1.54, 1.807) is 0 Å². The first-order chi connectivity index (χ1) is 4.84. The Balaban J connectivity index is 1.98. The average molecular weight is 142 g/mol. The molecule has 1 saturated heterocycles. The zero-order valence-corrected chi connectivity index (χ0v) is 6.12. The Hall–Kier alpha value is -0.0800. The highest BCUT2D eigenvalue weighted by Crippen LogP contribution is 2.32. The van der Waals surface area contributed by atoms with E-state index in [-0.39, 0.29) is 6.10 Å². The van der Waals surface area contributed by atoms with Crippen LogP contribution in [0.15, 0.2) is 0 Å². The number of ether oxygens (including phenoxy) is 1. The fraction of sp³-hybridized carbons (Fsp3) is 1.00. The summed E-state index contributed by atoms with van der Waals surface area (Å²) in [5.74, 6) is 0.752. The molecule has 0 spiro atoms. The van der Waals surface area contributed by atoms with Gasteiger partial charge in [0.25, 0.3) is 0 Å². The standard InChI is InChI=1S/C8H14O2/c9-7-3-6-1-2-10-8(4-6)5-7/h6-9H,1-5H2. The lowest BCUT2D eigenvalue weighted by atomic mass is 9.82. The fourth-order valence-corrected chi connectivity index (χ4v) is 2.12. The normalized spacial score (nSPS) is 47.1. The molecule has 0 amide bonds. The van der Waals surface area contributed by atoms with E-state index in [1.165, 1.54) is 6.42 Å². The van der Waals surface area contributed by atoms with E-state index in [9.17, 15) is 5.11 Å². The molecule has 3 unspecified atom stereocenters. The van der Waals surface area contributed by atoms with Gasteiger partial charge in [-0.15, -0.1) is 0 Å². The number of hydrogen-bond acceptors (Lipinski definition) is 2. The summed E-state index contributed by atoms with van der Waals surface area (Å²) < 4.78 is 5.46. The third-order valence-corrected chi connectivity index (χ3v) is 2.62. The van der Waals surface area contributed by atoms with Gasteiger partial charge >= 0.3 is 0 Å². The number of aliphatic hydroxyl groups excluding tert-OH is 1. The molecule has 0 aromatic heterocycles. The van der Waals surface area contributed by atoms with Gasteiger partial charge in [-0.2, -0.15) is 0 Å². The molecule has 1 aliphatic carbocycles. The number of aliphatic hydroxyl groups is 1. The van der Waals surface area contributed by atoms with Crippen molar-refractivity contribution in [1.29, 1.82) is 0 Å². The first kappa shape index (κ1) is 6.62. The summed E-state index contributed by atoms with van der Waals surface area (Å²) in [4.78, 5) is 0. The van der Waals surface area contributed by atoms with Crippen molar-refractivity contribution >= 4 is 0 Å². The van der Waals surface area contributed by atoms with Crippen molar-refractivity contribution in [3.8, 4) is 0 Å². The zero-order valence-electron chi connectivity index (χ0n) is 6.12. The Kier molecular flexibility index (Phi) is 1.66. The van der Waals surface area contributed by atoms with Crippen LogP contribution in [0.4, 0.5) is 0 Å². The topological polar surface area (TPSA) is 29.5 Å². The van der Waals surface area contributed by atoms with E-state index in [1.807, 2.05) is 0 Å². The van der Waals surface area contributed by atoms with Crippen LogP contribution in [0.25, 0.3) is 0 Å². The molecule has 10 heavy (non-hydrogen) atoms. The predicted molar refractivity (Wildman–Crippen MR) is 37.7 cm³/mol. The van der Waals surface area contributed by atoms with E-state index in [0.717, 1.165) is 31.8 Å². The van der Waals surface area contributed by atoms with Gasteiger partial charge in [0.05, 0.1) is 12.2 Å². The molecule has 0 aromatic rings. The lowest BCUT2D eigenvalue weighted by molar-refractivity contribution is -0.0743. The van der Waals surface area contributed by atoms with Crippen molar-refractivity contribution in [1.82, 2.24) is 0 Å². The van der Waals surface area contributed by atoms with Crippen LogP contribution in [0.1, 0.15) is 25.7 Å². The molecule has 0 aromatic carbocycles. The SMILES string of the molecule is OC1CC2CCOC(C1)C2. The van der Waals surface area contributed by atoms with Crippen molar-refractivity contribution in [3.05, 3.63) is 0 Å². The van der Waals surface area contributed by atoms with E-state index in [0.29, 0.717) is 6.10 Å². The Labute approximate surface area is 61.2 Å². The van der Waals surface area contributed by atoms with Gasteiger partial charge in [0, 0.05) is 6.61 Å². The third kappa shape index (κ3) is 1.18. The van der Waals surface area contributed by atoms with Gasteiger partial charge in [-0.05, 0) is 31.6 Å². The molecular weight excluding hydrogens is 128 g/mol. The summed E-state index contributed by atoms with van der Waals surface area (Å²) in [6, 6.07) is 0. The van der Waals surface area contributed by atoms with Gasteiger partial charge in [-0.3, -0.25) is 0 Å². The predicted octanol–water partition coefficient (Wildman–Crippen LogP) is 0.936. The van der Waals surface area contributed by atoms with Crippen LogP contribution in [0.5, 0.6) is 0 Å². The summed E-state index contributed by atoms with van der Waals surface area (Å²) in [5.41, 5.74) is 0. The molecule has 0 radical (unpaired) electrons. The Morgan fingerprint density at radius 3 is 2.90 bits per heavy atom. The van der Waals surface area contributed by atoms with E-state index >= 15 is 0 Å². The average Bonchev–Trinajstić information content (AvgIpc) is 1.85. The molecule has 2 aliphatic rings. The Bertz CT molecular complexity index is 108. The van der Waals surface area contributed by atoms with E-state index in [4.69, 9.17) is 4.74 Å². The summed E-state index contributed by atoms with van der Waals surface area (Å²) in [6.07, 6.45) is 4.53. The molecule has 2 rings (SSSR count). The number of fused-ring (bicyclic) bond motifs is 2. The maximum absolute atomic E-state index is 9.34. The lowest BCUT2D eigenvalue weighted by Gasteiger charge is -2.36. The van der Waals surface area contributed by atoms with Crippen LogP contribution >= 0.6 is 0 Å². The summed E-state index contributed by atoms with van der Waals surface area (Å²) >= 11 is 0. The van der Waals surface area contributed by atoms with Crippen molar-refractivity contribution in [3.63, 3.8) is 0 Å². The molecule has 2 bridgehead atoms. The van der Waals surface area contributed by atoms with Gasteiger partial charge in [0.15, 0.2) is 0 Å². The monoisotopic (exact) mass is 142 g/mol. The van der Waals surface area contributed by atoms with Crippen molar-refractivity contribution in [2.75, 3.05) is 6.61 Å².